The van der Waals surface area contributed by atoms with E-state index in [1.807, 2.05) is 31.1 Å². The first kappa shape index (κ1) is 11.3. The van der Waals surface area contributed by atoms with E-state index in [-0.39, 0.29) is 0 Å². The molecule has 2 heteroatoms. The zero-order chi connectivity index (χ0) is 12.3. The van der Waals surface area contributed by atoms with Gasteiger partial charge in [-0.1, -0.05) is 42.5 Å². The summed E-state index contributed by atoms with van der Waals surface area (Å²) in [6, 6.07) is 14.3. The summed E-state index contributed by atoms with van der Waals surface area (Å²) in [6.45, 7) is 2.00. The standard InChI is InChI=1S/C14H10O.CH2O/c15-9-11-5-3-7-13-12-6-2-1-4-10(12)8-14(11)13;1-2/h1-7,9H,8H2;1H2. The van der Waals surface area contributed by atoms with Crippen molar-refractivity contribution in [2.45, 2.75) is 6.42 Å². The average Bonchev–Trinajstić information content (AvgIpc) is 2.79. The molecule has 1 aliphatic carbocycles. The summed E-state index contributed by atoms with van der Waals surface area (Å²) in [6.07, 6.45) is 1.84. The molecule has 0 saturated heterocycles. The van der Waals surface area contributed by atoms with Crippen LogP contribution in [0, 0.1) is 0 Å². The third-order valence-corrected chi connectivity index (χ3v) is 3.01. The molecule has 1 aliphatic rings. The van der Waals surface area contributed by atoms with Crippen molar-refractivity contribution in [3.63, 3.8) is 0 Å². The number of rotatable bonds is 1. The predicted molar refractivity (Wildman–Crippen MR) is 67.2 cm³/mol. The van der Waals surface area contributed by atoms with Gasteiger partial charge in [0.05, 0.1) is 0 Å². The van der Waals surface area contributed by atoms with Gasteiger partial charge in [0.15, 0.2) is 0 Å². The van der Waals surface area contributed by atoms with Crippen molar-refractivity contribution in [1.82, 2.24) is 0 Å². The Morgan fingerprint density at radius 2 is 1.65 bits per heavy atom. The van der Waals surface area contributed by atoms with Gasteiger partial charge in [0, 0.05) is 5.56 Å². The lowest BCUT2D eigenvalue weighted by atomic mass is 10.0. The van der Waals surface area contributed by atoms with E-state index >= 15 is 0 Å². The molecule has 3 rings (SSSR count). The van der Waals surface area contributed by atoms with Crippen LogP contribution in [0.25, 0.3) is 11.1 Å². The molecule has 0 N–H and O–H groups in total. The summed E-state index contributed by atoms with van der Waals surface area (Å²) >= 11 is 0. The minimum absolute atomic E-state index is 0.823. The molecule has 0 atom stereocenters. The largest absolute Gasteiger partial charge is 0.307 e. The summed E-state index contributed by atoms with van der Waals surface area (Å²) < 4.78 is 0. The van der Waals surface area contributed by atoms with Gasteiger partial charge in [-0.2, -0.15) is 0 Å². The van der Waals surface area contributed by atoms with Crippen LogP contribution in [0.4, 0.5) is 0 Å². The van der Waals surface area contributed by atoms with Crippen LogP contribution >= 0.6 is 0 Å². The summed E-state index contributed by atoms with van der Waals surface area (Å²) in [7, 11) is 0. The van der Waals surface area contributed by atoms with Crippen molar-refractivity contribution in [1.29, 1.82) is 0 Å². The van der Waals surface area contributed by atoms with E-state index in [9.17, 15) is 4.79 Å². The Morgan fingerprint density at radius 3 is 2.41 bits per heavy atom. The Balaban J connectivity index is 0.000000514. The van der Waals surface area contributed by atoms with Gasteiger partial charge in [-0.15, -0.1) is 0 Å². The number of carbonyl (C=O) groups excluding carboxylic acids is 2. The number of benzene rings is 2. The van der Waals surface area contributed by atoms with Crippen LogP contribution in [-0.2, 0) is 11.2 Å². The van der Waals surface area contributed by atoms with E-state index in [0.717, 1.165) is 18.3 Å². The minimum atomic E-state index is 0.823. The van der Waals surface area contributed by atoms with E-state index < -0.39 is 0 Å². The molecular weight excluding hydrogens is 212 g/mol. The van der Waals surface area contributed by atoms with Gasteiger partial charge in [-0.05, 0) is 28.7 Å². The summed E-state index contributed by atoms with van der Waals surface area (Å²) in [5.74, 6) is 0. The normalized spacial score (nSPS) is 10.8. The van der Waals surface area contributed by atoms with Crippen molar-refractivity contribution in [2.24, 2.45) is 0 Å². The summed E-state index contributed by atoms with van der Waals surface area (Å²) in [4.78, 5) is 18.9. The number of hydrogen-bond donors (Lipinski definition) is 0. The third kappa shape index (κ3) is 1.78. The average molecular weight is 224 g/mol. The van der Waals surface area contributed by atoms with Crippen LogP contribution in [0.1, 0.15) is 21.5 Å². The van der Waals surface area contributed by atoms with Crippen LogP contribution < -0.4 is 0 Å². The van der Waals surface area contributed by atoms with Crippen molar-refractivity contribution in [3.8, 4) is 11.1 Å². The fourth-order valence-electron chi connectivity index (χ4n) is 2.29. The zero-order valence-corrected chi connectivity index (χ0v) is 9.35. The maximum absolute atomic E-state index is 10.9. The first-order chi connectivity index (χ1) is 8.40. The van der Waals surface area contributed by atoms with E-state index in [1.165, 1.54) is 22.3 Å². The molecule has 0 saturated carbocycles. The molecule has 84 valence electrons. The molecule has 2 aromatic rings. The first-order valence-corrected chi connectivity index (χ1v) is 5.34. The minimum Gasteiger partial charge on any atom is -0.307 e. The van der Waals surface area contributed by atoms with Gasteiger partial charge in [0.25, 0.3) is 0 Å². The Kier molecular flexibility index (Phi) is 3.15. The van der Waals surface area contributed by atoms with Crippen molar-refractivity contribution in [2.75, 3.05) is 0 Å². The molecule has 2 nitrogen and oxygen atoms in total. The molecule has 0 heterocycles. The Hall–Kier alpha value is -2.22. The Labute approximate surface area is 99.9 Å². The maximum atomic E-state index is 10.9. The highest BCUT2D eigenvalue weighted by atomic mass is 16.1. The molecule has 0 bridgehead atoms. The zero-order valence-electron chi connectivity index (χ0n) is 9.35. The van der Waals surface area contributed by atoms with Crippen molar-refractivity contribution >= 4 is 13.1 Å². The quantitative estimate of drug-likeness (QED) is 0.595. The van der Waals surface area contributed by atoms with Crippen LogP contribution in [-0.4, -0.2) is 13.1 Å². The van der Waals surface area contributed by atoms with Gasteiger partial charge < -0.3 is 4.79 Å². The fraction of sp³-hybridized carbons (Fsp3) is 0.0667. The van der Waals surface area contributed by atoms with E-state index in [0.29, 0.717) is 0 Å². The Morgan fingerprint density at radius 1 is 0.941 bits per heavy atom. The maximum Gasteiger partial charge on any atom is 0.150 e. The second-order valence-corrected chi connectivity index (χ2v) is 3.83. The van der Waals surface area contributed by atoms with Crippen LogP contribution in [0.3, 0.4) is 0 Å². The third-order valence-electron chi connectivity index (χ3n) is 3.01. The molecule has 0 spiro atoms. The number of fused-ring (bicyclic) bond motifs is 3. The molecule has 0 unspecified atom stereocenters. The fourth-order valence-corrected chi connectivity index (χ4v) is 2.29. The summed E-state index contributed by atoms with van der Waals surface area (Å²) in [5.41, 5.74) is 5.81. The second-order valence-electron chi connectivity index (χ2n) is 3.83. The lowest BCUT2D eigenvalue weighted by Gasteiger charge is -2.01. The monoisotopic (exact) mass is 224 g/mol. The van der Waals surface area contributed by atoms with E-state index in [2.05, 4.69) is 18.2 Å². The summed E-state index contributed by atoms with van der Waals surface area (Å²) in [5, 5.41) is 0. The highest BCUT2D eigenvalue weighted by molar-refractivity contribution is 5.87. The van der Waals surface area contributed by atoms with Gasteiger partial charge in [0.2, 0.25) is 0 Å². The molecule has 0 radical (unpaired) electrons. The smallest absolute Gasteiger partial charge is 0.150 e. The molecular formula is C15H12O2. The second kappa shape index (κ2) is 4.74. The van der Waals surface area contributed by atoms with Crippen LogP contribution in [0.2, 0.25) is 0 Å². The topological polar surface area (TPSA) is 34.1 Å². The van der Waals surface area contributed by atoms with E-state index in [1.54, 1.807) is 0 Å². The van der Waals surface area contributed by atoms with Crippen LogP contribution in [0.5, 0.6) is 0 Å². The van der Waals surface area contributed by atoms with Gasteiger partial charge in [0.1, 0.15) is 13.1 Å². The van der Waals surface area contributed by atoms with Crippen molar-refractivity contribution < 1.29 is 9.59 Å². The molecule has 0 fully saturated rings. The highest BCUT2D eigenvalue weighted by Crippen LogP contribution is 2.37. The lowest BCUT2D eigenvalue weighted by Crippen LogP contribution is -1.89. The van der Waals surface area contributed by atoms with Crippen LogP contribution in [0.15, 0.2) is 42.5 Å². The van der Waals surface area contributed by atoms with Crippen molar-refractivity contribution in [3.05, 3.63) is 59.2 Å². The van der Waals surface area contributed by atoms with Gasteiger partial charge in [-0.3, -0.25) is 4.79 Å². The number of hydrogen-bond acceptors (Lipinski definition) is 2. The predicted octanol–water partition coefficient (Wildman–Crippen LogP) is 2.89. The molecule has 0 aliphatic heterocycles. The van der Waals surface area contributed by atoms with Gasteiger partial charge >= 0.3 is 0 Å². The molecule has 17 heavy (non-hydrogen) atoms. The molecule has 0 aromatic heterocycles. The molecule has 0 amide bonds. The lowest BCUT2D eigenvalue weighted by molar-refractivity contribution is -0.0979. The molecule has 2 aromatic carbocycles. The van der Waals surface area contributed by atoms with Gasteiger partial charge in [-0.25, -0.2) is 0 Å². The number of carbonyl (C=O) groups is 2. The Bertz CT molecular complexity index is 559. The first-order valence-electron chi connectivity index (χ1n) is 5.34. The SMILES string of the molecule is C=O.O=Cc1cccc2c1Cc1ccccc1-2. The number of aldehydes is 1. The highest BCUT2D eigenvalue weighted by Gasteiger charge is 2.19. The van der Waals surface area contributed by atoms with E-state index in [4.69, 9.17) is 4.79 Å².